The van der Waals surface area contributed by atoms with E-state index in [0.29, 0.717) is 24.0 Å². The third kappa shape index (κ3) is 3.58. The van der Waals surface area contributed by atoms with E-state index in [2.05, 4.69) is 9.97 Å². The molecule has 0 aliphatic carbocycles. The Bertz CT molecular complexity index is 987. The number of benzene rings is 2. The van der Waals surface area contributed by atoms with Gasteiger partial charge in [-0.3, -0.25) is 4.98 Å². The van der Waals surface area contributed by atoms with E-state index in [0.717, 1.165) is 16.5 Å². The monoisotopic (exact) mass is 328 g/mol. The van der Waals surface area contributed by atoms with Crippen molar-refractivity contribution < 1.29 is 9.47 Å². The van der Waals surface area contributed by atoms with Gasteiger partial charge in [0.15, 0.2) is 11.5 Å². The van der Waals surface area contributed by atoms with Gasteiger partial charge in [0.25, 0.3) is 0 Å². The average molecular weight is 328 g/mol. The molecule has 0 radical (unpaired) electrons. The molecule has 4 aromatic rings. The molecule has 4 heteroatoms. The Morgan fingerprint density at radius 3 is 2.44 bits per heavy atom. The summed E-state index contributed by atoms with van der Waals surface area (Å²) >= 11 is 0. The maximum absolute atomic E-state index is 5.95. The maximum Gasteiger partial charge on any atom is 0.219 e. The van der Waals surface area contributed by atoms with Crippen LogP contribution in [-0.2, 0) is 6.61 Å². The molecule has 25 heavy (non-hydrogen) atoms. The van der Waals surface area contributed by atoms with Crippen LogP contribution in [0.3, 0.4) is 0 Å². The third-order valence-corrected chi connectivity index (χ3v) is 3.76. The number of hydrogen-bond donors (Lipinski definition) is 0. The minimum absolute atomic E-state index is 0.484. The van der Waals surface area contributed by atoms with Crippen molar-refractivity contribution in [2.75, 3.05) is 0 Å². The molecule has 2 aromatic heterocycles. The number of para-hydroxylation sites is 2. The van der Waals surface area contributed by atoms with Gasteiger partial charge >= 0.3 is 0 Å². The lowest BCUT2D eigenvalue weighted by Crippen LogP contribution is -1.97. The summed E-state index contributed by atoms with van der Waals surface area (Å²) in [4.78, 5) is 8.61. The second-order valence-electron chi connectivity index (χ2n) is 5.54. The summed E-state index contributed by atoms with van der Waals surface area (Å²) in [5.41, 5.74) is 1.95. The van der Waals surface area contributed by atoms with Crippen LogP contribution in [-0.4, -0.2) is 9.97 Å². The fraction of sp³-hybridized carbons (Fsp3) is 0.0476. The molecule has 0 aliphatic heterocycles. The molecular formula is C21H16N2O2. The van der Waals surface area contributed by atoms with E-state index in [-0.39, 0.29) is 0 Å². The molecule has 2 heterocycles. The Kier molecular flexibility index (Phi) is 4.25. The van der Waals surface area contributed by atoms with Crippen LogP contribution in [0.2, 0.25) is 0 Å². The van der Waals surface area contributed by atoms with Gasteiger partial charge in [-0.05, 0) is 29.8 Å². The Labute approximate surface area is 145 Å². The molecule has 4 rings (SSSR count). The molecule has 0 unspecified atom stereocenters. The highest BCUT2D eigenvalue weighted by molar-refractivity contribution is 5.77. The number of rotatable bonds is 5. The molecule has 4 nitrogen and oxygen atoms in total. The topological polar surface area (TPSA) is 44.2 Å². The second kappa shape index (κ2) is 7.01. The summed E-state index contributed by atoms with van der Waals surface area (Å²) in [6.45, 7) is 0.484. The highest BCUT2D eigenvalue weighted by Gasteiger charge is 2.07. The van der Waals surface area contributed by atoms with Crippen molar-refractivity contribution in [2.24, 2.45) is 0 Å². The van der Waals surface area contributed by atoms with Crippen molar-refractivity contribution in [1.29, 1.82) is 0 Å². The Morgan fingerprint density at radius 1 is 0.760 bits per heavy atom. The number of pyridine rings is 2. The first-order valence-corrected chi connectivity index (χ1v) is 8.03. The number of ether oxygens (including phenoxy) is 2. The molecular weight excluding hydrogens is 312 g/mol. The number of nitrogens with zero attached hydrogens (tertiary/aromatic N) is 2. The van der Waals surface area contributed by atoms with E-state index in [4.69, 9.17) is 9.47 Å². The van der Waals surface area contributed by atoms with Crippen LogP contribution in [0.5, 0.6) is 17.4 Å². The second-order valence-corrected chi connectivity index (χ2v) is 5.54. The minimum atomic E-state index is 0.484. The van der Waals surface area contributed by atoms with E-state index < -0.39 is 0 Å². The summed E-state index contributed by atoms with van der Waals surface area (Å²) in [7, 11) is 0. The quantitative estimate of drug-likeness (QED) is 0.517. The first kappa shape index (κ1) is 15.1. The van der Waals surface area contributed by atoms with Gasteiger partial charge in [0.05, 0.1) is 5.52 Å². The van der Waals surface area contributed by atoms with Crippen molar-refractivity contribution in [3.05, 3.63) is 90.8 Å². The van der Waals surface area contributed by atoms with E-state index in [1.165, 1.54) is 0 Å². The summed E-state index contributed by atoms with van der Waals surface area (Å²) < 4.78 is 11.9. The van der Waals surface area contributed by atoms with Gasteiger partial charge < -0.3 is 9.47 Å². The Balaban J connectivity index is 1.55. The SMILES string of the molecule is c1ccc(COc2ccccc2Oc2ccc3cnccc3n2)cc1. The lowest BCUT2D eigenvalue weighted by atomic mass is 10.2. The largest absolute Gasteiger partial charge is 0.485 e. The lowest BCUT2D eigenvalue weighted by Gasteiger charge is -2.12. The van der Waals surface area contributed by atoms with Crippen molar-refractivity contribution >= 4 is 10.9 Å². The summed E-state index contributed by atoms with van der Waals surface area (Å²) in [6.07, 6.45) is 3.50. The zero-order chi connectivity index (χ0) is 16.9. The van der Waals surface area contributed by atoms with Crippen LogP contribution < -0.4 is 9.47 Å². The number of aromatic nitrogens is 2. The van der Waals surface area contributed by atoms with Crippen molar-refractivity contribution in [1.82, 2.24) is 9.97 Å². The van der Waals surface area contributed by atoms with E-state index >= 15 is 0 Å². The van der Waals surface area contributed by atoms with E-state index in [9.17, 15) is 0 Å². The lowest BCUT2D eigenvalue weighted by molar-refractivity contribution is 0.290. The van der Waals surface area contributed by atoms with Crippen LogP contribution in [0.4, 0.5) is 0 Å². The maximum atomic E-state index is 5.95. The minimum Gasteiger partial charge on any atom is -0.485 e. The Hall–Kier alpha value is -3.40. The molecule has 0 saturated carbocycles. The summed E-state index contributed by atoms with van der Waals surface area (Å²) in [6, 6.07) is 23.3. The number of fused-ring (bicyclic) bond motifs is 1. The molecule has 0 saturated heterocycles. The molecule has 0 N–H and O–H groups in total. The number of hydrogen-bond acceptors (Lipinski definition) is 4. The van der Waals surface area contributed by atoms with Crippen molar-refractivity contribution in [3.8, 4) is 17.4 Å². The molecule has 0 spiro atoms. The molecule has 122 valence electrons. The standard InChI is InChI=1S/C21H16N2O2/c1-2-6-16(7-3-1)15-24-19-8-4-5-9-20(19)25-21-11-10-17-14-22-13-12-18(17)23-21/h1-14H,15H2. The summed E-state index contributed by atoms with van der Waals surface area (Å²) in [5.74, 6) is 1.84. The first-order chi connectivity index (χ1) is 12.4. The fourth-order valence-electron chi connectivity index (χ4n) is 2.51. The normalized spacial score (nSPS) is 10.6. The molecule has 0 atom stereocenters. The van der Waals surface area contributed by atoms with E-state index in [1.807, 2.05) is 72.8 Å². The summed E-state index contributed by atoms with van der Waals surface area (Å²) in [5, 5.41) is 0.975. The van der Waals surface area contributed by atoms with Crippen LogP contribution in [0.25, 0.3) is 10.9 Å². The average Bonchev–Trinajstić information content (AvgIpc) is 2.68. The predicted molar refractivity (Wildman–Crippen MR) is 96.8 cm³/mol. The predicted octanol–water partition coefficient (Wildman–Crippen LogP) is 5.00. The molecule has 2 aromatic carbocycles. The van der Waals surface area contributed by atoms with Crippen LogP contribution in [0, 0.1) is 0 Å². The highest BCUT2D eigenvalue weighted by atomic mass is 16.5. The van der Waals surface area contributed by atoms with Crippen molar-refractivity contribution in [2.45, 2.75) is 6.61 Å². The van der Waals surface area contributed by atoms with Gasteiger partial charge in [-0.25, -0.2) is 4.98 Å². The van der Waals surface area contributed by atoms with Crippen LogP contribution in [0.15, 0.2) is 85.2 Å². The van der Waals surface area contributed by atoms with Gasteiger partial charge in [0.2, 0.25) is 5.88 Å². The molecule has 0 bridgehead atoms. The zero-order valence-electron chi connectivity index (χ0n) is 13.5. The zero-order valence-corrected chi connectivity index (χ0v) is 13.5. The highest BCUT2D eigenvalue weighted by Crippen LogP contribution is 2.31. The van der Waals surface area contributed by atoms with E-state index in [1.54, 1.807) is 12.4 Å². The van der Waals surface area contributed by atoms with Crippen LogP contribution >= 0.6 is 0 Å². The molecule has 0 fully saturated rings. The smallest absolute Gasteiger partial charge is 0.219 e. The van der Waals surface area contributed by atoms with Gasteiger partial charge in [-0.1, -0.05) is 42.5 Å². The molecule has 0 aliphatic rings. The van der Waals surface area contributed by atoms with Gasteiger partial charge in [-0.15, -0.1) is 0 Å². The van der Waals surface area contributed by atoms with Crippen molar-refractivity contribution in [3.63, 3.8) is 0 Å². The van der Waals surface area contributed by atoms with Crippen LogP contribution in [0.1, 0.15) is 5.56 Å². The van der Waals surface area contributed by atoms with Gasteiger partial charge in [0, 0.05) is 23.8 Å². The molecule has 0 amide bonds. The Morgan fingerprint density at radius 2 is 1.56 bits per heavy atom. The fourth-order valence-corrected chi connectivity index (χ4v) is 2.51. The van der Waals surface area contributed by atoms with Gasteiger partial charge in [0.1, 0.15) is 6.61 Å². The van der Waals surface area contributed by atoms with Gasteiger partial charge in [-0.2, -0.15) is 0 Å². The first-order valence-electron chi connectivity index (χ1n) is 8.03. The third-order valence-electron chi connectivity index (χ3n) is 3.76.